The maximum absolute atomic E-state index is 13.2. The zero-order valence-corrected chi connectivity index (χ0v) is 20.6. The number of ketones is 1. The second kappa shape index (κ2) is 11.1. The molecule has 1 aliphatic heterocycles. The molecule has 1 amide bonds. The molecule has 0 radical (unpaired) electrons. The van der Waals surface area contributed by atoms with E-state index in [1.165, 1.54) is 4.90 Å². The highest BCUT2D eigenvalue weighted by atomic mass is 16.5. The van der Waals surface area contributed by atoms with E-state index in [0.717, 1.165) is 5.56 Å². The quantitative estimate of drug-likeness (QED) is 0.192. The van der Waals surface area contributed by atoms with Gasteiger partial charge in [0.25, 0.3) is 11.7 Å². The Labute approximate surface area is 210 Å². The van der Waals surface area contributed by atoms with Crippen LogP contribution < -0.4 is 9.47 Å². The summed E-state index contributed by atoms with van der Waals surface area (Å²) in [6.07, 6.45) is 0.544. The predicted octanol–water partition coefficient (Wildman–Crippen LogP) is 5.25. The third-order valence-electron chi connectivity index (χ3n) is 6.11. The van der Waals surface area contributed by atoms with E-state index < -0.39 is 17.7 Å². The van der Waals surface area contributed by atoms with Crippen molar-refractivity contribution in [3.05, 3.63) is 95.1 Å². The molecule has 0 aromatic heterocycles. The lowest BCUT2D eigenvalue weighted by Gasteiger charge is -2.25. The van der Waals surface area contributed by atoms with Crippen molar-refractivity contribution in [3.8, 4) is 17.2 Å². The van der Waals surface area contributed by atoms with Crippen LogP contribution in [0.1, 0.15) is 29.2 Å². The van der Waals surface area contributed by atoms with Crippen LogP contribution in [0.5, 0.6) is 17.2 Å². The van der Waals surface area contributed by atoms with E-state index in [0.29, 0.717) is 47.9 Å². The lowest BCUT2D eigenvalue weighted by Crippen LogP contribution is -2.31. The number of para-hydroxylation sites is 1. The first-order valence-corrected chi connectivity index (χ1v) is 11.7. The minimum atomic E-state index is -0.774. The van der Waals surface area contributed by atoms with E-state index in [1.54, 1.807) is 50.6 Å². The Morgan fingerprint density at radius 1 is 0.944 bits per heavy atom. The monoisotopic (exact) mass is 487 g/mol. The normalized spacial score (nSPS) is 16.9. The summed E-state index contributed by atoms with van der Waals surface area (Å²) in [5.41, 5.74) is 1.93. The molecule has 1 fully saturated rings. The van der Waals surface area contributed by atoms with Crippen molar-refractivity contribution in [2.75, 3.05) is 27.4 Å². The van der Waals surface area contributed by atoms with Gasteiger partial charge in [-0.25, -0.2) is 0 Å². The molecule has 7 heteroatoms. The van der Waals surface area contributed by atoms with E-state index in [4.69, 9.17) is 14.2 Å². The molecule has 3 aromatic rings. The third kappa shape index (κ3) is 5.11. The number of ether oxygens (including phenoxy) is 3. The number of nitrogens with zero attached hydrogens (tertiary/aromatic N) is 1. The number of Topliss-reactive ketones (excluding diaryl/α,β-unsaturated/α-hetero) is 1. The molecule has 4 rings (SSSR count). The molecule has 0 aliphatic carbocycles. The Kier molecular flexibility index (Phi) is 7.71. The molecule has 1 atom stereocenters. The number of carbonyl (C=O) groups excluding carboxylic acids is 2. The molecule has 1 heterocycles. The number of hydrogen-bond acceptors (Lipinski definition) is 6. The molecular weight excluding hydrogens is 458 g/mol. The number of rotatable bonds is 9. The summed E-state index contributed by atoms with van der Waals surface area (Å²) in [6.45, 7) is 2.58. The largest absolute Gasteiger partial charge is 0.507 e. The second-order valence-corrected chi connectivity index (χ2v) is 8.51. The van der Waals surface area contributed by atoms with Crippen molar-refractivity contribution in [1.29, 1.82) is 0 Å². The molecule has 0 bridgehead atoms. The van der Waals surface area contributed by atoms with Crippen LogP contribution in [0, 0.1) is 6.92 Å². The highest BCUT2D eigenvalue weighted by Gasteiger charge is 2.45. The first-order valence-electron chi connectivity index (χ1n) is 11.7. The average molecular weight is 488 g/mol. The standard InChI is InChI=1S/C29H29NO6/c1-19-17-21(13-14-24(19)35-3)27(31)25-26(30(15-8-16-34-2)29(33)28(25)32)20-9-7-12-23(18-20)36-22-10-5-4-6-11-22/h4-7,9-14,17-18,26,31H,8,15-16H2,1-3H3/t26-/m1/s1. The minimum Gasteiger partial charge on any atom is -0.507 e. The van der Waals surface area contributed by atoms with Crippen LogP contribution in [0.15, 0.2) is 78.4 Å². The molecule has 3 aromatic carbocycles. The molecule has 7 nitrogen and oxygen atoms in total. The van der Waals surface area contributed by atoms with E-state index in [2.05, 4.69) is 0 Å². The third-order valence-corrected chi connectivity index (χ3v) is 6.11. The number of hydrogen-bond donors (Lipinski definition) is 1. The molecular formula is C29H29NO6. The van der Waals surface area contributed by atoms with Crippen LogP contribution in [-0.2, 0) is 14.3 Å². The number of carbonyl (C=O) groups is 2. The SMILES string of the molecule is COCCCN1C(=O)C(=O)C(=C(O)c2ccc(OC)c(C)c2)[C@H]1c1cccc(Oc2ccccc2)c1. The lowest BCUT2D eigenvalue weighted by atomic mass is 9.94. The van der Waals surface area contributed by atoms with E-state index in [1.807, 2.05) is 43.3 Å². The summed E-state index contributed by atoms with van der Waals surface area (Å²) in [5.74, 6) is 0.274. The van der Waals surface area contributed by atoms with Crippen molar-refractivity contribution >= 4 is 17.4 Å². The van der Waals surface area contributed by atoms with Crippen LogP contribution in [0.25, 0.3) is 5.76 Å². The molecule has 0 spiro atoms. The fourth-order valence-corrected chi connectivity index (χ4v) is 4.39. The summed E-state index contributed by atoms with van der Waals surface area (Å²) < 4.78 is 16.5. The highest BCUT2D eigenvalue weighted by Crippen LogP contribution is 2.41. The number of benzene rings is 3. The molecule has 36 heavy (non-hydrogen) atoms. The summed E-state index contributed by atoms with van der Waals surface area (Å²) >= 11 is 0. The first-order chi connectivity index (χ1) is 17.4. The van der Waals surface area contributed by atoms with Crippen LogP contribution in [0.3, 0.4) is 0 Å². The number of aryl methyl sites for hydroxylation is 1. The van der Waals surface area contributed by atoms with Crippen LogP contribution in [0.2, 0.25) is 0 Å². The molecule has 0 unspecified atom stereocenters. The summed E-state index contributed by atoms with van der Waals surface area (Å²) in [7, 11) is 3.15. The van der Waals surface area contributed by atoms with Crippen LogP contribution in [0.4, 0.5) is 0 Å². The van der Waals surface area contributed by atoms with Crippen LogP contribution in [-0.4, -0.2) is 49.1 Å². The maximum Gasteiger partial charge on any atom is 0.295 e. The van der Waals surface area contributed by atoms with Gasteiger partial charge in [-0.05, 0) is 66.9 Å². The van der Waals surface area contributed by atoms with Crippen molar-refractivity contribution in [2.24, 2.45) is 0 Å². The van der Waals surface area contributed by atoms with Gasteiger partial charge < -0.3 is 24.2 Å². The molecule has 1 N–H and O–H groups in total. The van der Waals surface area contributed by atoms with Gasteiger partial charge in [-0.2, -0.15) is 0 Å². The fraction of sp³-hybridized carbons (Fsp3) is 0.241. The number of aliphatic hydroxyl groups excluding tert-OH is 1. The maximum atomic E-state index is 13.2. The van der Waals surface area contributed by atoms with Gasteiger partial charge in [0.1, 0.15) is 23.0 Å². The Balaban J connectivity index is 1.79. The van der Waals surface area contributed by atoms with Crippen molar-refractivity contribution in [2.45, 2.75) is 19.4 Å². The van der Waals surface area contributed by atoms with Gasteiger partial charge in [-0.15, -0.1) is 0 Å². The summed E-state index contributed by atoms with van der Waals surface area (Å²) in [5, 5.41) is 11.3. The molecule has 1 saturated heterocycles. The topological polar surface area (TPSA) is 85.3 Å². The fourth-order valence-electron chi connectivity index (χ4n) is 4.39. The van der Waals surface area contributed by atoms with E-state index in [9.17, 15) is 14.7 Å². The second-order valence-electron chi connectivity index (χ2n) is 8.51. The zero-order chi connectivity index (χ0) is 25.7. The van der Waals surface area contributed by atoms with Crippen molar-refractivity contribution in [1.82, 2.24) is 4.90 Å². The van der Waals surface area contributed by atoms with Gasteiger partial charge in [0.15, 0.2) is 0 Å². The number of likely N-dealkylation sites (tertiary alicyclic amines) is 1. The Morgan fingerprint density at radius 2 is 1.69 bits per heavy atom. The summed E-state index contributed by atoms with van der Waals surface area (Å²) in [6, 6.07) is 20.9. The number of amides is 1. The predicted molar refractivity (Wildman–Crippen MR) is 136 cm³/mol. The Bertz CT molecular complexity index is 1280. The van der Waals surface area contributed by atoms with Crippen molar-refractivity contribution < 1.29 is 28.9 Å². The zero-order valence-electron chi connectivity index (χ0n) is 20.6. The first kappa shape index (κ1) is 25.0. The molecule has 1 aliphatic rings. The van der Waals surface area contributed by atoms with Gasteiger partial charge >= 0.3 is 0 Å². The minimum absolute atomic E-state index is 0.0406. The smallest absolute Gasteiger partial charge is 0.295 e. The van der Waals surface area contributed by atoms with Gasteiger partial charge in [0.2, 0.25) is 0 Å². The van der Waals surface area contributed by atoms with Gasteiger partial charge in [0, 0.05) is 25.8 Å². The van der Waals surface area contributed by atoms with E-state index >= 15 is 0 Å². The molecule has 0 saturated carbocycles. The van der Waals surface area contributed by atoms with Gasteiger partial charge in [0.05, 0.1) is 18.7 Å². The van der Waals surface area contributed by atoms with Crippen molar-refractivity contribution in [3.63, 3.8) is 0 Å². The average Bonchev–Trinajstić information content (AvgIpc) is 3.14. The van der Waals surface area contributed by atoms with E-state index in [-0.39, 0.29) is 11.3 Å². The lowest BCUT2D eigenvalue weighted by molar-refractivity contribution is -0.140. The highest BCUT2D eigenvalue weighted by molar-refractivity contribution is 6.46. The van der Waals surface area contributed by atoms with Gasteiger partial charge in [-0.3, -0.25) is 9.59 Å². The van der Waals surface area contributed by atoms with Gasteiger partial charge in [-0.1, -0.05) is 30.3 Å². The molecule has 186 valence electrons. The van der Waals surface area contributed by atoms with Crippen LogP contribution >= 0.6 is 0 Å². The number of aliphatic hydroxyl groups is 1. The summed E-state index contributed by atoms with van der Waals surface area (Å²) in [4.78, 5) is 27.8. The number of methoxy groups -OCH3 is 2. The Morgan fingerprint density at radius 3 is 2.39 bits per heavy atom. The Hall–Kier alpha value is -4.10.